The Morgan fingerprint density at radius 2 is 1.18 bits per heavy atom. The third-order valence-corrected chi connectivity index (χ3v) is 13.5. The molecule has 7 nitrogen and oxygen atoms in total. The molecule has 1 aliphatic heterocycles. The summed E-state index contributed by atoms with van der Waals surface area (Å²) in [7, 11) is 6.59. The van der Waals surface area contributed by atoms with E-state index < -0.39 is 11.9 Å². The molecule has 0 amide bonds. The maximum absolute atomic E-state index is 11.6. The first kappa shape index (κ1) is 37.8. The number of para-hydroxylation sites is 1. The molecule has 62 heavy (non-hydrogen) atoms. The Morgan fingerprint density at radius 3 is 1.87 bits per heavy atom. The van der Waals surface area contributed by atoms with Gasteiger partial charge < -0.3 is 25.1 Å². The number of aromatic hydroxyl groups is 3. The summed E-state index contributed by atoms with van der Waals surface area (Å²) in [5.41, 5.74) is 15.6. The van der Waals surface area contributed by atoms with Crippen molar-refractivity contribution in [1.82, 2.24) is 10.6 Å². The average Bonchev–Trinajstić information content (AvgIpc) is 3.90. The molecule has 298 valence electrons. The molecule has 2 aliphatic carbocycles. The quantitative estimate of drug-likeness (QED) is 0.0857. The number of rotatable bonds is 6. The van der Waals surface area contributed by atoms with Crippen molar-refractivity contribution in [2.45, 2.75) is 30.5 Å². The van der Waals surface area contributed by atoms with Crippen LogP contribution >= 0.6 is 0 Å². The number of nitrogens with one attached hydrogen (secondary N) is 2. The van der Waals surface area contributed by atoms with Crippen molar-refractivity contribution in [1.29, 1.82) is 0 Å². The van der Waals surface area contributed by atoms with Crippen LogP contribution in [0.4, 0.5) is 0 Å². The van der Waals surface area contributed by atoms with Crippen LogP contribution in [0.1, 0.15) is 34.3 Å². The van der Waals surface area contributed by atoms with Crippen molar-refractivity contribution in [3.8, 4) is 50.6 Å². The van der Waals surface area contributed by atoms with E-state index in [1.165, 1.54) is 5.47 Å². The van der Waals surface area contributed by atoms with Crippen LogP contribution < -0.4 is 10.6 Å². The van der Waals surface area contributed by atoms with E-state index >= 15 is 0 Å². The van der Waals surface area contributed by atoms with E-state index in [1.54, 1.807) is 0 Å². The molecule has 0 radical (unpaired) electrons. The minimum atomic E-state index is -0.488. The van der Waals surface area contributed by atoms with E-state index in [0.717, 1.165) is 88.9 Å². The molecule has 4 atom stereocenters. The summed E-state index contributed by atoms with van der Waals surface area (Å²) in [5.74, 6) is -0.413. The number of amidine groups is 1. The smallest absolute Gasteiger partial charge is 0.201 e. The van der Waals surface area contributed by atoms with Gasteiger partial charge in [-0.05, 0) is 81.0 Å². The number of aliphatic imine (C=N–C) groups is 1. The Kier molecular flexibility index (Phi) is 9.02. The monoisotopic (exact) mass is 805 g/mol. The summed E-state index contributed by atoms with van der Waals surface area (Å²) in [4.78, 5) is 5.47. The number of furan rings is 1. The van der Waals surface area contributed by atoms with Gasteiger partial charge in [0.25, 0.3) is 0 Å². The van der Waals surface area contributed by atoms with E-state index in [0.29, 0.717) is 17.5 Å². The van der Waals surface area contributed by atoms with Crippen molar-refractivity contribution >= 4 is 51.3 Å². The lowest BCUT2D eigenvalue weighted by atomic mass is 9.54. The highest BCUT2D eigenvalue weighted by molar-refractivity contribution is 6.34. The van der Waals surface area contributed by atoms with Crippen LogP contribution in [-0.2, 0) is 6.42 Å². The molecule has 2 heterocycles. The normalized spacial score (nSPS) is 19.6. The Hall–Kier alpha value is -7.16. The second-order valence-electron chi connectivity index (χ2n) is 16.9. The fraction of sp³-hybridized carbons (Fsp3) is 0.0962. The molecule has 0 saturated carbocycles. The second kappa shape index (κ2) is 14.8. The first-order valence-corrected chi connectivity index (χ1v) is 21.3. The van der Waals surface area contributed by atoms with Gasteiger partial charge in [-0.3, -0.25) is 5.32 Å². The highest BCUT2D eigenvalue weighted by atomic mass is 16.3. The summed E-state index contributed by atoms with van der Waals surface area (Å²) in [6, 6.07) is 51.7. The molecule has 11 rings (SSSR count). The number of nitrogens with zero attached hydrogens (tertiary/aromatic N) is 1. The Morgan fingerprint density at radius 1 is 0.597 bits per heavy atom. The molecule has 0 saturated heterocycles. The molecule has 1 aromatic heterocycles. The molecule has 3 aliphatic rings. The predicted octanol–water partition coefficient (Wildman–Crippen LogP) is 8.22. The van der Waals surface area contributed by atoms with E-state index in [-0.39, 0.29) is 29.4 Å². The molecule has 4 unspecified atom stereocenters. The molecular formula is C52H42B3N3O4. The number of hydrogen-bond donors (Lipinski definition) is 5. The van der Waals surface area contributed by atoms with Gasteiger partial charge in [-0.1, -0.05) is 138 Å². The third-order valence-electron chi connectivity index (χ3n) is 13.5. The molecule has 5 N–H and O–H groups in total. The maximum atomic E-state index is 11.6. The number of hydrogen-bond acceptors (Lipinski definition) is 7. The highest BCUT2D eigenvalue weighted by Gasteiger charge is 2.44. The van der Waals surface area contributed by atoms with Gasteiger partial charge in [0.1, 0.15) is 52.9 Å². The highest BCUT2D eigenvalue weighted by Crippen LogP contribution is 2.61. The van der Waals surface area contributed by atoms with Crippen LogP contribution in [0.3, 0.4) is 0 Å². The van der Waals surface area contributed by atoms with Gasteiger partial charge in [-0.25, -0.2) is 4.99 Å². The summed E-state index contributed by atoms with van der Waals surface area (Å²) in [5, 5.41) is 44.1. The van der Waals surface area contributed by atoms with Crippen LogP contribution in [0.2, 0.25) is 5.82 Å². The summed E-state index contributed by atoms with van der Waals surface area (Å²) in [6.45, 7) is 0. The number of benzene rings is 7. The van der Waals surface area contributed by atoms with E-state index in [1.807, 2.05) is 72.8 Å². The Bertz CT molecular complexity index is 3180. The number of phenolic OH excluding ortho intramolecular Hbond substituents is 3. The fourth-order valence-electron chi connectivity index (χ4n) is 10.2. The van der Waals surface area contributed by atoms with Gasteiger partial charge in [0, 0.05) is 33.4 Å². The zero-order chi connectivity index (χ0) is 42.2. The molecule has 0 bridgehead atoms. The number of fused-ring (bicyclic) bond motifs is 6. The summed E-state index contributed by atoms with van der Waals surface area (Å²) < 4.78 is 6.20. The van der Waals surface area contributed by atoms with Gasteiger partial charge >= 0.3 is 0 Å². The molecular weight excluding hydrogens is 763 g/mol. The molecule has 10 heteroatoms. The molecule has 7 aromatic carbocycles. The fourth-order valence-corrected chi connectivity index (χ4v) is 10.2. The standard InChI is InChI=1S/C52H42B3N3O4/c53-44-36-26-37-41(40(48(60)49(61)47(37)59)31-19-15-29(16-20-31)27-9-3-1-4-10-27)42(36)45(54)46(55)43(44)52-57-50(32-21-17-30(18-22-32)28-11-5-2-6-12-28)56-51(58-52)33-23-24-39-35(25-33)34-13-7-8-14-38(34)62-39/h1-25,42,45,50,52,57,59-61H,26,53-55H2,(H,56,58). The van der Waals surface area contributed by atoms with E-state index in [9.17, 15) is 15.3 Å². The lowest BCUT2D eigenvalue weighted by molar-refractivity contribution is 0.366. The first-order chi connectivity index (χ1) is 30.2. The Labute approximate surface area is 362 Å². The van der Waals surface area contributed by atoms with E-state index in [2.05, 4.69) is 113 Å². The van der Waals surface area contributed by atoms with E-state index in [4.69, 9.17) is 9.41 Å². The van der Waals surface area contributed by atoms with Crippen LogP contribution in [0, 0.1) is 0 Å². The van der Waals surface area contributed by atoms with Crippen LogP contribution in [-0.4, -0.2) is 50.9 Å². The predicted molar refractivity (Wildman–Crippen MR) is 257 cm³/mol. The number of allylic oxidation sites excluding steroid dienone is 2. The SMILES string of the molecule is BC1=C2Cc3c(O)c(O)c(O)c(-c4ccc(-c5ccccc5)cc4)c3C2C(B)C(B)=C1C1N=C(c2ccc3oc4ccccc4c3c2)NC(c2ccc(-c3ccccc3)cc2)N1. The average molecular weight is 805 g/mol. The number of phenols is 3. The van der Waals surface area contributed by atoms with Gasteiger partial charge in [0.2, 0.25) is 5.75 Å². The lowest BCUT2D eigenvalue weighted by Gasteiger charge is -2.39. The van der Waals surface area contributed by atoms with Gasteiger partial charge in [0.05, 0.1) is 0 Å². The van der Waals surface area contributed by atoms with Crippen molar-refractivity contribution in [2.24, 2.45) is 4.99 Å². The van der Waals surface area contributed by atoms with Crippen molar-refractivity contribution in [2.75, 3.05) is 0 Å². The zero-order valence-corrected chi connectivity index (χ0v) is 34.6. The zero-order valence-electron chi connectivity index (χ0n) is 34.6. The lowest BCUT2D eigenvalue weighted by Crippen LogP contribution is -2.50. The summed E-state index contributed by atoms with van der Waals surface area (Å²) in [6.07, 6.45) is -0.246. The minimum absolute atomic E-state index is 0.0109. The molecule has 8 aromatic rings. The van der Waals surface area contributed by atoms with Crippen molar-refractivity contribution in [3.05, 3.63) is 196 Å². The van der Waals surface area contributed by atoms with Crippen molar-refractivity contribution in [3.63, 3.8) is 0 Å². The van der Waals surface area contributed by atoms with Gasteiger partial charge in [-0.15, -0.1) is 5.47 Å². The largest absolute Gasteiger partial charge is 0.504 e. The van der Waals surface area contributed by atoms with Crippen LogP contribution in [0.15, 0.2) is 183 Å². The minimum Gasteiger partial charge on any atom is -0.504 e. The second-order valence-corrected chi connectivity index (χ2v) is 16.9. The molecule has 0 spiro atoms. The van der Waals surface area contributed by atoms with Gasteiger partial charge in [0.15, 0.2) is 11.5 Å². The van der Waals surface area contributed by atoms with Crippen LogP contribution in [0.5, 0.6) is 17.2 Å². The van der Waals surface area contributed by atoms with Crippen molar-refractivity contribution < 1.29 is 19.7 Å². The third kappa shape index (κ3) is 6.08. The molecule has 0 fully saturated rings. The Balaban J connectivity index is 1.01. The van der Waals surface area contributed by atoms with Gasteiger partial charge in [-0.2, -0.15) is 0 Å². The topological polar surface area (TPSA) is 110 Å². The maximum Gasteiger partial charge on any atom is 0.201 e. The van der Waals surface area contributed by atoms with Crippen LogP contribution in [0.25, 0.3) is 55.3 Å². The summed E-state index contributed by atoms with van der Waals surface area (Å²) >= 11 is 0. The first-order valence-electron chi connectivity index (χ1n) is 21.3.